The van der Waals surface area contributed by atoms with E-state index in [-0.39, 0.29) is 12.4 Å². The Kier molecular flexibility index (Phi) is 6.71. The van der Waals surface area contributed by atoms with Gasteiger partial charge in [0.05, 0.1) is 12.7 Å². The fourth-order valence-corrected chi connectivity index (χ4v) is 3.28. The molecule has 3 nitrogen and oxygen atoms in total. The molecule has 0 bridgehead atoms. The van der Waals surface area contributed by atoms with Crippen molar-refractivity contribution in [3.8, 4) is 0 Å². The largest absolute Gasteiger partial charge is 0.427 e. The molecule has 1 N–H and O–H groups in total. The van der Waals surface area contributed by atoms with E-state index in [1.165, 1.54) is 6.42 Å². The highest BCUT2D eigenvalue weighted by atomic mass is 35.5. The molecular weight excluding hydrogens is 311 g/mol. The second kappa shape index (κ2) is 7.59. The summed E-state index contributed by atoms with van der Waals surface area (Å²) in [6, 6.07) is 0. The zero-order valence-electron chi connectivity index (χ0n) is 11.2. The first-order chi connectivity index (χ1) is 8.99. The quantitative estimate of drug-likeness (QED) is 0.920. The Morgan fingerprint density at radius 1 is 1.50 bits per heavy atom. The van der Waals surface area contributed by atoms with E-state index in [9.17, 15) is 13.2 Å². The number of hydrogen-bond acceptors (Lipinski definition) is 4. The molecule has 1 atom stereocenters. The molecule has 0 aromatic carbocycles. The fourth-order valence-electron chi connectivity index (χ4n) is 2.46. The average molecular weight is 330 g/mol. The van der Waals surface area contributed by atoms with Crippen LogP contribution in [0.5, 0.6) is 0 Å². The van der Waals surface area contributed by atoms with Crippen LogP contribution in [0.2, 0.25) is 0 Å². The zero-order valence-corrected chi connectivity index (χ0v) is 12.9. The van der Waals surface area contributed by atoms with Gasteiger partial charge in [0.1, 0.15) is 9.88 Å². The molecule has 0 saturated carbocycles. The molecule has 1 aliphatic heterocycles. The molecule has 0 radical (unpaired) electrons. The molecule has 1 fully saturated rings. The minimum Gasteiger partial charge on any atom is -0.319 e. The Morgan fingerprint density at radius 3 is 2.85 bits per heavy atom. The summed E-state index contributed by atoms with van der Waals surface area (Å²) in [7, 11) is 1.93. The van der Waals surface area contributed by atoms with E-state index in [0.717, 1.165) is 43.6 Å². The topological polar surface area (TPSA) is 28.2 Å². The Morgan fingerprint density at radius 2 is 2.25 bits per heavy atom. The van der Waals surface area contributed by atoms with Crippen LogP contribution >= 0.6 is 23.7 Å². The molecule has 1 aromatic rings. The van der Waals surface area contributed by atoms with Crippen molar-refractivity contribution in [3.05, 3.63) is 16.1 Å². The monoisotopic (exact) mass is 329 g/mol. The predicted molar refractivity (Wildman–Crippen MR) is 76.3 cm³/mol. The van der Waals surface area contributed by atoms with Gasteiger partial charge in [0.25, 0.3) is 0 Å². The Bertz CT molecular complexity index is 409. The van der Waals surface area contributed by atoms with Gasteiger partial charge >= 0.3 is 6.18 Å². The number of rotatable bonds is 4. The summed E-state index contributed by atoms with van der Waals surface area (Å²) in [6.07, 6.45) is -1.05. The van der Waals surface area contributed by atoms with E-state index >= 15 is 0 Å². The number of hydrogen-bond donors (Lipinski definition) is 1. The SMILES string of the molecule is CNCC1CCCN(Cc2ncc(C(F)(F)F)s2)C1.Cl. The molecule has 0 aliphatic carbocycles. The summed E-state index contributed by atoms with van der Waals surface area (Å²) in [6.45, 7) is 3.37. The van der Waals surface area contributed by atoms with Crippen LogP contribution in [0.15, 0.2) is 6.20 Å². The fraction of sp³-hybridized carbons (Fsp3) is 0.750. The van der Waals surface area contributed by atoms with E-state index in [2.05, 4.69) is 15.2 Å². The molecule has 0 amide bonds. The number of likely N-dealkylation sites (tertiary alicyclic amines) is 1. The Labute approximate surface area is 127 Å². The smallest absolute Gasteiger partial charge is 0.319 e. The minimum atomic E-state index is -4.27. The van der Waals surface area contributed by atoms with Crippen LogP contribution in [0.3, 0.4) is 0 Å². The standard InChI is InChI=1S/C12H18F3N3S.ClH/c1-16-5-9-3-2-4-18(7-9)8-11-17-6-10(19-11)12(13,14)15;/h6,9,16H,2-5,7-8H2,1H3;1H. The third-order valence-electron chi connectivity index (χ3n) is 3.29. The number of thiazole rings is 1. The van der Waals surface area contributed by atoms with Crippen LogP contribution in [0, 0.1) is 5.92 Å². The first-order valence-corrected chi connectivity index (χ1v) is 7.19. The molecular formula is C12H19ClF3N3S. The lowest BCUT2D eigenvalue weighted by Crippen LogP contribution is -2.38. The molecule has 116 valence electrons. The van der Waals surface area contributed by atoms with Crippen molar-refractivity contribution < 1.29 is 13.2 Å². The number of alkyl halides is 3. The molecule has 0 spiro atoms. The first-order valence-electron chi connectivity index (χ1n) is 6.38. The number of aromatic nitrogens is 1. The predicted octanol–water partition coefficient (Wildman–Crippen LogP) is 3.02. The lowest BCUT2D eigenvalue weighted by Gasteiger charge is -2.32. The number of nitrogens with one attached hydrogen (secondary N) is 1. The molecule has 2 heterocycles. The third kappa shape index (κ3) is 4.87. The van der Waals surface area contributed by atoms with Gasteiger partial charge < -0.3 is 5.32 Å². The average Bonchev–Trinajstić information content (AvgIpc) is 2.78. The van der Waals surface area contributed by atoms with Crippen molar-refractivity contribution in [2.24, 2.45) is 5.92 Å². The van der Waals surface area contributed by atoms with Gasteiger partial charge in [-0.05, 0) is 38.9 Å². The maximum Gasteiger partial charge on any atom is 0.427 e. The summed E-state index contributed by atoms with van der Waals surface area (Å²) < 4.78 is 37.5. The molecule has 8 heteroatoms. The van der Waals surface area contributed by atoms with E-state index in [0.29, 0.717) is 17.5 Å². The van der Waals surface area contributed by atoms with Gasteiger partial charge in [0.2, 0.25) is 0 Å². The highest BCUT2D eigenvalue weighted by Gasteiger charge is 2.33. The van der Waals surface area contributed by atoms with Gasteiger partial charge in [0.15, 0.2) is 0 Å². The maximum absolute atomic E-state index is 12.5. The zero-order chi connectivity index (χ0) is 13.9. The second-order valence-electron chi connectivity index (χ2n) is 4.92. The van der Waals surface area contributed by atoms with Crippen molar-refractivity contribution in [3.63, 3.8) is 0 Å². The minimum absolute atomic E-state index is 0. The van der Waals surface area contributed by atoms with E-state index in [1.807, 2.05) is 7.05 Å². The summed E-state index contributed by atoms with van der Waals surface area (Å²) in [4.78, 5) is 5.48. The van der Waals surface area contributed by atoms with Crippen molar-refractivity contribution in [1.29, 1.82) is 0 Å². The normalized spacial score (nSPS) is 20.7. The summed E-state index contributed by atoms with van der Waals surface area (Å²) in [5, 5.41) is 3.71. The molecule has 1 aliphatic rings. The highest BCUT2D eigenvalue weighted by molar-refractivity contribution is 7.11. The van der Waals surface area contributed by atoms with Crippen LogP contribution in [0.4, 0.5) is 13.2 Å². The molecule has 1 unspecified atom stereocenters. The number of halogens is 4. The van der Waals surface area contributed by atoms with Crippen molar-refractivity contribution >= 4 is 23.7 Å². The van der Waals surface area contributed by atoms with E-state index < -0.39 is 11.1 Å². The van der Waals surface area contributed by atoms with Gasteiger partial charge in [-0.3, -0.25) is 4.90 Å². The van der Waals surface area contributed by atoms with Crippen LogP contribution in [-0.2, 0) is 12.7 Å². The van der Waals surface area contributed by atoms with Crippen molar-refractivity contribution in [1.82, 2.24) is 15.2 Å². The highest BCUT2D eigenvalue weighted by Crippen LogP contribution is 2.33. The Hall–Kier alpha value is -0.370. The van der Waals surface area contributed by atoms with Crippen molar-refractivity contribution in [2.45, 2.75) is 25.6 Å². The Balaban J connectivity index is 0.00000200. The van der Waals surface area contributed by atoms with Crippen LogP contribution in [0.25, 0.3) is 0 Å². The molecule has 1 saturated heterocycles. The molecule has 2 rings (SSSR count). The summed E-state index contributed by atoms with van der Waals surface area (Å²) >= 11 is 0.755. The van der Waals surface area contributed by atoms with Gasteiger partial charge in [-0.1, -0.05) is 0 Å². The van der Waals surface area contributed by atoms with Gasteiger partial charge in [-0.2, -0.15) is 13.2 Å². The lowest BCUT2D eigenvalue weighted by molar-refractivity contribution is -0.134. The van der Waals surface area contributed by atoms with E-state index in [4.69, 9.17) is 0 Å². The first kappa shape index (κ1) is 17.7. The molecule has 1 aromatic heterocycles. The lowest BCUT2D eigenvalue weighted by atomic mass is 9.98. The van der Waals surface area contributed by atoms with E-state index in [1.54, 1.807) is 0 Å². The third-order valence-corrected chi connectivity index (χ3v) is 4.31. The summed E-state index contributed by atoms with van der Waals surface area (Å²) in [5.41, 5.74) is 0. The second-order valence-corrected chi connectivity index (χ2v) is 6.03. The summed E-state index contributed by atoms with van der Waals surface area (Å²) in [5.74, 6) is 0.584. The number of piperidine rings is 1. The molecule has 20 heavy (non-hydrogen) atoms. The van der Waals surface area contributed by atoms with Crippen LogP contribution < -0.4 is 5.32 Å². The number of nitrogens with zero attached hydrogens (tertiary/aromatic N) is 2. The van der Waals surface area contributed by atoms with Crippen molar-refractivity contribution in [2.75, 3.05) is 26.7 Å². The van der Waals surface area contributed by atoms with Gasteiger partial charge in [-0.15, -0.1) is 23.7 Å². The van der Waals surface area contributed by atoms with Gasteiger partial charge in [0, 0.05) is 6.54 Å². The van der Waals surface area contributed by atoms with Gasteiger partial charge in [-0.25, -0.2) is 4.98 Å². The van der Waals surface area contributed by atoms with Crippen LogP contribution in [0.1, 0.15) is 22.7 Å². The van der Waals surface area contributed by atoms with Crippen LogP contribution in [-0.4, -0.2) is 36.6 Å². The maximum atomic E-state index is 12.5.